The molecule has 3 heteroatoms. The molecule has 0 atom stereocenters. The van der Waals surface area contributed by atoms with Crippen molar-refractivity contribution >= 4 is 17.2 Å². The van der Waals surface area contributed by atoms with Crippen molar-refractivity contribution in [1.82, 2.24) is 5.32 Å². The van der Waals surface area contributed by atoms with E-state index >= 15 is 0 Å². The van der Waals surface area contributed by atoms with Crippen molar-refractivity contribution in [2.24, 2.45) is 5.92 Å². The van der Waals surface area contributed by atoms with Crippen molar-refractivity contribution < 1.29 is 4.79 Å². The summed E-state index contributed by atoms with van der Waals surface area (Å²) in [6, 6.07) is 0. The van der Waals surface area contributed by atoms with Gasteiger partial charge >= 0.3 is 0 Å². The van der Waals surface area contributed by atoms with Gasteiger partial charge in [-0.25, -0.2) is 0 Å². The zero-order chi connectivity index (χ0) is 12.3. The molecule has 1 heterocycles. The number of rotatable bonds is 3. The van der Waals surface area contributed by atoms with Crippen LogP contribution in [0.15, 0.2) is 5.38 Å². The maximum Gasteiger partial charge on any atom is 0.223 e. The number of carbonyl (C=O) groups is 1. The molecule has 2 rings (SSSR count). The highest BCUT2D eigenvalue weighted by Crippen LogP contribution is 2.24. The molecule has 0 bridgehead atoms. The fraction of sp³-hybridized carbons (Fsp3) is 0.643. The molecular formula is C14H21NOS. The summed E-state index contributed by atoms with van der Waals surface area (Å²) in [5.41, 5.74) is 2.61. The van der Waals surface area contributed by atoms with Gasteiger partial charge in [-0.3, -0.25) is 4.79 Å². The van der Waals surface area contributed by atoms with Gasteiger partial charge in [0, 0.05) is 17.3 Å². The third-order valence-electron chi connectivity index (χ3n) is 3.82. The predicted molar refractivity (Wildman–Crippen MR) is 72.2 cm³/mol. The fourth-order valence-electron chi connectivity index (χ4n) is 2.43. The van der Waals surface area contributed by atoms with E-state index in [1.807, 2.05) is 0 Å². The average Bonchev–Trinajstić information content (AvgIpc) is 2.68. The van der Waals surface area contributed by atoms with Crippen LogP contribution in [0.3, 0.4) is 0 Å². The molecule has 0 aliphatic heterocycles. The molecule has 0 radical (unpaired) electrons. The van der Waals surface area contributed by atoms with Crippen LogP contribution in [0.5, 0.6) is 0 Å². The van der Waals surface area contributed by atoms with Gasteiger partial charge in [0.05, 0.1) is 0 Å². The maximum atomic E-state index is 12.0. The molecule has 1 N–H and O–H groups in total. The van der Waals surface area contributed by atoms with Crippen LogP contribution >= 0.6 is 11.3 Å². The van der Waals surface area contributed by atoms with E-state index in [-0.39, 0.29) is 11.8 Å². The smallest absolute Gasteiger partial charge is 0.223 e. The number of hydrogen-bond donors (Lipinski definition) is 1. The molecule has 17 heavy (non-hydrogen) atoms. The topological polar surface area (TPSA) is 29.1 Å². The highest BCUT2D eigenvalue weighted by atomic mass is 32.1. The summed E-state index contributed by atoms with van der Waals surface area (Å²) in [7, 11) is 0. The van der Waals surface area contributed by atoms with E-state index in [1.54, 1.807) is 11.3 Å². The molecule has 94 valence electrons. The molecule has 1 saturated carbocycles. The molecular weight excluding hydrogens is 230 g/mol. The van der Waals surface area contributed by atoms with Crippen molar-refractivity contribution in [3.8, 4) is 0 Å². The monoisotopic (exact) mass is 251 g/mol. The molecule has 0 aromatic carbocycles. The second kappa shape index (κ2) is 5.67. The Morgan fingerprint density at radius 3 is 2.65 bits per heavy atom. The molecule has 1 fully saturated rings. The maximum absolute atomic E-state index is 12.0. The zero-order valence-electron chi connectivity index (χ0n) is 10.7. The highest BCUT2D eigenvalue weighted by molar-refractivity contribution is 7.10. The molecule has 1 aromatic heterocycles. The number of hydrogen-bond acceptors (Lipinski definition) is 2. The first kappa shape index (κ1) is 12.6. The number of amides is 1. The second-order valence-corrected chi connectivity index (χ2v) is 6.08. The van der Waals surface area contributed by atoms with Crippen LogP contribution in [0.2, 0.25) is 0 Å². The third kappa shape index (κ3) is 3.09. The molecule has 0 saturated heterocycles. The molecule has 0 unspecified atom stereocenters. The Morgan fingerprint density at radius 2 is 2.06 bits per heavy atom. The number of nitrogens with one attached hydrogen (secondary N) is 1. The third-order valence-corrected chi connectivity index (χ3v) is 4.88. The molecule has 1 amide bonds. The summed E-state index contributed by atoms with van der Waals surface area (Å²) in [4.78, 5) is 13.3. The highest BCUT2D eigenvalue weighted by Gasteiger charge is 2.20. The number of thiophene rings is 1. The number of carbonyl (C=O) groups excluding carboxylic acids is 1. The van der Waals surface area contributed by atoms with Gasteiger partial charge in [0.15, 0.2) is 0 Å². The van der Waals surface area contributed by atoms with Crippen molar-refractivity contribution in [1.29, 1.82) is 0 Å². The van der Waals surface area contributed by atoms with Gasteiger partial charge < -0.3 is 5.32 Å². The first-order valence-electron chi connectivity index (χ1n) is 6.49. The SMILES string of the molecule is Cc1scc(CNC(=O)C2CCCCC2)c1C. The van der Waals surface area contributed by atoms with Crippen LogP contribution in [0.25, 0.3) is 0 Å². The minimum Gasteiger partial charge on any atom is -0.352 e. The van der Waals surface area contributed by atoms with Gasteiger partial charge in [-0.2, -0.15) is 0 Å². The van der Waals surface area contributed by atoms with Gasteiger partial charge in [0.2, 0.25) is 5.91 Å². The first-order chi connectivity index (χ1) is 8.18. The fourth-order valence-corrected chi connectivity index (χ4v) is 3.32. The summed E-state index contributed by atoms with van der Waals surface area (Å²) in [6.07, 6.45) is 5.89. The van der Waals surface area contributed by atoms with Crippen molar-refractivity contribution in [2.45, 2.75) is 52.5 Å². The molecule has 0 spiro atoms. The van der Waals surface area contributed by atoms with Crippen LogP contribution < -0.4 is 5.32 Å². The summed E-state index contributed by atoms with van der Waals surface area (Å²) in [5.74, 6) is 0.525. The van der Waals surface area contributed by atoms with Gasteiger partial charge in [-0.05, 0) is 43.2 Å². The molecule has 2 nitrogen and oxygen atoms in total. The van der Waals surface area contributed by atoms with Crippen molar-refractivity contribution in [2.75, 3.05) is 0 Å². The minimum absolute atomic E-state index is 0.257. The quantitative estimate of drug-likeness (QED) is 0.874. The Labute approximate surface area is 107 Å². The lowest BCUT2D eigenvalue weighted by Gasteiger charge is -2.20. The van der Waals surface area contributed by atoms with Gasteiger partial charge in [-0.15, -0.1) is 11.3 Å². The average molecular weight is 251 g/mol. The molecule has 1 aromatic rings. The van der Waals surface area contributed by atoms with Crippen molar-refractivity contribution in [3.63, 3.8) is 0 Å². The Balaban J connectivity index is 1.85. The summed E-state index contributed by atoms with van der Waals surface area (Å²) in [6.45, 7) is 4.96. The first-order valence-corrected chi connectivity index (χ1v) is 7.37. The molecule has 1 aliphatic carbocycles. The van der Waals surface area contributed by atoms with E-state index in [2.05, 4.69) is 24.5 Å². The van der Waals surface area contributed by atoms with E-state index in [4.69, 9.17) is 0 Å². The lowest BCUT2D eigenvalue weighted by atomic mass is 9.88. The largest absolute Gasteiger partial charge is 0.352 e. The van der Waals surface area contributed by atoms with Gasteiger partial charge in [0.1, 0.15) is 0 Å². The predicted octanol–water partition coefficient (Wildman–Crippen LogP) is 3.56. The lowest BCUT2D eigenvalue weighted by Crippen LogP contribution is -2.31. The van der Waals surface area contributed by atoms with E-state index in [0.717, 1.165) is 12.8 Å². The molecule has 1 aliphatic rings. The summed E-state index contributed by atoms with van der Waals surface area (Å²) in [5, 5.41) is 5.25. The van der Waals surface area contributed by atoms with Crippen LogP contribution in [0.4, 0.5) is 0 Å². The van der Waals surface area contributed by atoms with Gasteiger partial charge in [-0.1, -0.05) is 19.3 Å². The summed E-state index contributed by atoms with van der Waals surface area (Å²) < 4.78 is 0. The Kier molecular flexibility index (Phi) is 4.21. The van der Waals surface area contributed by atoms with Crippen LogP contribution in [0, 0.1) is 19.8 Å². The number of aryl methyl sites for hydroxylation is 1. The van der Waals surface area contributed by atoms with Crippen LogP contribution in [-0.2, 0) is 11.3 Å². The van der Waals surface area contributed by atoms with E-state index in [0.29, 0.717) is 6.54 Å². The zero-order valence-corrected chi connectivity index (χ0v) is 11.5. The second-order valence-electron chi connectivity index (χ2n) is 4.99. The minimum atomic E-state index is 0.257. The van der Waals surface area contributed by atoms with Crippen LogP contribution in [-0.4, -0.2) is 5.91 Å². The Hall–Kier alpha value is -0.830. The normalized spacial score (nSPS) is 17.1. The summed E-state index contributed by atoms with van der Waals surface area (Å²) >= 11 is 1.77. The van der Waals surface area contributed by atoms with Crippen LogP contribution in [0.1, 0.15) is 48.1 Å². The van der Waals surface area contributed by atoms with Crippen molar-refractivity contribution in [3.05, 3.63) is 21.4 Å². The lowest BCUT2D eigenvalue weighted by molar-refractivity contribution is -0.126. The van der Waals surface area contributed by atoms with E-state index in [1.165, 1.54) is 35.3 Å². The van der Waals surface area contributed by atoms with Gasteiger partial charge in [0.25, 0.3) is 0 Å². The Bertz CT molecular complexity index is 391. The Morgan fingerprint density at radius 1 is 1.35 bits per heavy atom. The van der Waals surface area contributed by atoms with E-state index < -0.39 is 0 Å². The van der Waals surface area contributed by atoms with E-state index in [9.17, 15) is 4.79 Å². The standard InChI is InChI=1S/C14H21NOS/c1-10-11(2)17-9-13(10)8-15-14(16)12-6-4-3-5-7-12/h9,12H,3-8H2,1-2H3,(H,15,16).